The normalized spacial score (nSPS) is 16.1. The Morgan fingerprint density at radius 3 is 2.29 bits per heavy atom. The van der Waals surface area contributed by atoms with E-state index in [9.17, 15) is 0 Å². The second kappa shape index (κ2) is 6.19. The molecule has 2 aromatic rings. The third-order valence-electron chi connectivity index (χ3n) is 4.30. The van der Waals surface area contributed by atoms with E-state index in [1.807, 2.05) is 12.1 Å². The average Bonchev–Trinajstić information content (AvgIpc) is 2.56. The van der Waals surface area contributed by atoms with E-state index < -0.39 is 0 Å². The Kier molecular flexibility index (Phi) is 4.11. The molecule has 110 valence electrons. The van der Waals surface area contributed by atoms with Crippen LogP contribution in [-0.4, -0.2) is 37.6 Å². The van der Waals surface area contributed by atoms with E-state index in [0.29, 0.717) is 0 Å². The average molecular weight is 281 g/mol. The number of rotatable bonds is 3. The number of anilines is 2. The van der Waals surface area contributed by atoms with Gasteiger partial charge < -0.3 is 15.5 Å². The highest BCUT2D eigenvalue weighted by atomic mass is 15.3. The maximum absolute atomic E-state index is 6.21. The van der Waals surface area contributed by atoms with Crippen LogP contribution in [0, 0.1) is 0 Å². The molecule has 21 heavy (non-hydrogen) atoms. The molecule has 1 aliphatic rings. The molecule has 0 bridgehead atoms. The summed E-state index contributed by atoms with van der Waals surface area (Å²) in [5.74, 6) is 0. The van der Waals surface area contributed by atoms with Crippen molar-refractivity contribution in [2.45, 2.75) is 6.92 Å². The van der Waals surface area contributed by atoms with Gasteiger partial charge in [-0.1, -0.05) is 43.3 Å². The first-order valence-electron chi connectivity index (χ1n) is 7.70. The number of benzene rings is 2. The molecule has 0 radical (unpaired) electrons. The van der Waals surface area contributed by atoms with Crippen LogP contribution in [-0.2, 0) is 0 Å². The molecule has 1 aliphatic heterocycles. The molecule has 3 nitrogen and oxygen atoms in total. The Hall–Kier alpha value is -2.00. The molecule has 0 aromatic heterocycles. The number of nitrogens with two attached hydrogens (primary N) is 1. The number of hydrogen-bond acceptors (Lipinski definition) is 3. The molecular weight excluding hydrogens is 258 g/mol. The first kappa shape index (κ1) is 14.0. The molecule has 0 aliphatic carbocycles. The molecule has 3 rings (SSSR count). The van der Waals surface area contributed by atoms with Crippen molar-refractivity contribution in [3.8, 4) is 11.1 Å². The van der Waals surface area contributed by atoms with Gasteiger partial charge in [0.25, 0.3) is 0 Å². The lowest BCUT2D eigenvalue weighted by atomic mass is 10.0. The summed E-state index contributed by atoms with van der Waals surface area (Å²) in [6.45, 7) is 7.69. The molecular formula is C18H23N3. The number of likely N-dealkylation sites (N-methyl/N-ethyl adjacent to an activating group) is 1. The summed E-state index contributed by atoms with van der Waals surface area (Å²) in [6, 6.07) is 16.9. The summed E-state index contributed by atoms with van der Waals surface area (Å²) < 4.78 is 0. The van der Waals surface area contributed by atoms with Crippen LogP contribution >= 0.6 is 0 Å². The lowest BCUT2D eigenvalue weighted by Gasteiger charge is -2.36. The first-order chi connectivity index (χ1) is 10.3. The van der Waals surface area contributed by atoms with Gasteiger partial charge in [0, 0.05) is 26.2 Å². The maximum Gasteiger partial charge on any atom is 0.0607 e. The lowest BCUT2D eigenvalue weighted by Crippen LogP contribution is -2.46. The van der Waals surface area contributed by atoms with Crippen molar-refractivity contribution in [1.82, 2.24) is 4.90 Å². The molecule has 1 heterocycles. The van der Waals surface area contributed by atoms with Gasteiger partial charge in [0.05, 0.1) is 11.4 Å². The fraction of sp³-hybridized carbons (Fsp3) is 0.333. The quantitative estimate of drug-likeness (QED) is 0.878. The third-order valence-corrected chi connectivity index (χ3v) is 4.30. The minimum atomic E-state index is 0.875. The van der Waals surface area contributed by atoms with Crippen molar-refractivity contribution in [2.75, 3.05) is 43.4 Å². The summed E-state index contributed by atoms with van der Waals surface area (Å²) in [5, 5.41) is 0. The van der Waals surface area contributed by atoms with Crippen LogP contribution in [0.1, 0.15) is 6.92 Å². The van der Waals surface area contributed by atoms with Crippen molar-refractivity contribution in [2.24, 2.45) is 0 Å². The molecule has 0 saturated carbocycles. The van der Waals surface area contributed by atoms with Crippen LogP contribution in [0.5, 0.6) is 0 Å². The zero-order chi connectivity index (χ0) is 14.7. The lowest BCUT2D eigenvalue weighted by molar-refractivity contribution is 0.271. The highest BCUT2D eigenvalue weighted by Crippen LogP contribution is 2.30. The number of nitrogens with zero attached hydrogens (tertiary/aromatic N) is 2. The molecule has 0 spiro atoms. The van der Waals surface area contributed by atoms with Crippen molar-refractivity contribution >= 4 is 11.4 Å². The topological polar surface area (TPSA) is 32.5 Å². The van der Waals surface area contributed by atoms with Gasteiger partial charge in [-0.05, 0) is 29.8 Å². The third kappa shape index (κ3) is 3.03. The Bertz CT molecular complexity index is 587. The van der Waals surface area contributed by atoms with E-state index in [4.69, 9.17) is 5.73 Å². The number of nitrogen functional groups attached to an aromatic ring is 1. The zero-order valence-corrected chi connectivity index (χ0v) is 12.6. The van der Waals surface area contributed by atoms with E-state index in [1.165, 1.54) is 16.8 Å². The molecule has 2 N–H and O–H groups in total. The molecule has 1 saturated heterocycles. The minimum Gasteiger partial charge on any atom is -0.397 e. The van der Waals surface area contributed by atoms with Crippen LogP contribution in [0.4, 0.5) is 11.4 Å². The van der Waals surface area contributed by atoms with E-state index in [-0.39, 0.29) is 0 Å². The predicted octanol–water partition coefficient (Wildman–Crippen LogP) is 3.08. The van der Waals surface area contributed by atoms with Crippen molar-refractivity contribution in [3.63, 3.8) is 0 Å². The van der Waals surface area contributed by atoms with Crippen LogP contribution in [0.15, 0.2) is 48.5 Å². The van der Waals surface area contributed by atoms with E-state index in [2.05, 4.69) is 53.1 Å². The number of hydrogen-bond donors (Lipinski definition) is 1. The summed E-state index contributed by atoms with van der Waals surface area (Å²) in [5.41, 5.74) is 10.7. The number of piperazine rings is 1. The summed E-state index contributed by atoms with van der Waals surface area (Å²) in [7, 11) is 0. The molecule has 0 atom stereocenters. The molecule has 0 amide bonds. The fourth-order valence-electron chi connectivity index (χ4n) is 2.93. The summed E-state index contributed by atoms with van der Waals surface area (Å²) in [6.07, 6.45) is 0. The standard InChI is InChI=1S/C18H23N3/c1-2-20-10-12-21(13-11-20)18-14-16(8-9-17(18)19)15-6-4-3-5-7-15/h3-9,14H,2,10-13,19H2,1H3. The maximum atomic E-state index is 6.21. The Labute approximate surface area is 127 Å². The van der Waals surface area contributed by atoms with Gasteiger partial charge in [-0.3, -0.25) is 0 Å². The minimum absolute atomic E-state index is 0.875. The SMILES string of the molecule is CCN1CCN(c2cc(-c3ccccc3)ccc2N)CC1. The second-order valence-electron chi connectivity index (χ2n) is 5.56. The first-order valence-corrected chi connectivity index (χ1v) is 7.70. The largest absolute Gasteiger partial charge is 0.397 e. The smallest absolute Gasteiger partial charge is 0.0607 e. The van der Waals surface area contributed by atoms with Gasteiger partial charge in [-0.2, -0.15) is 0 Å². The van der Waals surface area contributed by atoms with Gasteiger partial charge in [0.2, 0.25) is 0 Å². The van der Waals surface area contributed by atoms with Gasteiger partial charge in [0.15, 0.2) is 0 Å². The summed E-state index contributed by atoms with van der Waals surface area (Å²) >= 11 is 0. The Morgan fingerprint density at radius 2 is 1.62 bits per heavy atom. The fourth-order valence-corrected chi connectivity index (χ4v) is 2.93. The molecule has 1 fully saturated rings. The monoisotopic (exact) mass is 281 g/mol. The van der Waals surface area contributed by atoms with Crippen molar-refractivity contribution in [1.29, 1.82) is 0 Å². The summed E-state index contributed by atoms with van der Waals surface area (Å²) in [4.78, 5) is 4.89. The van der Waals surface area contributed by atoms with Crippen LogP contribution < -0.4 is 10.6 Å². The highest BCUT2D eigenvalue weighted by Gasteiger charge is 2.18. The van der Waals surface area contributed by atoms with E-state index in [1.54, 1.807) is 0 Å². The van der Waals surface area contributed by atoms with Gasteiger partial charge in [-0.25, -0.2) is 0 Å². The highest BCUT2D eigenvalue weighted by molar-refractivity contribution is 5.77. The van der Waals surface area contributed by atoms with Gasteiger partial charge >= 0.3 is 0 Å². The molecule has 0 unspecified atom stereocenters. The van der Waals surface area contributed by atoms with Crippen LogP contribution in [0.3, 0.4) is 0 Å². The van der Waals surface area contributed by atoms with Crippen molar-refractivity contribution in [3.05, 3.63) is 48.5 Å². The predicted molar refractivity (Wildman–Crippen MR) is 90.6 cm³/mol. The second-order valence-corrected chi connectivity index (χ2v) is 5.56. The van der Waals surface area contributed by atoms with Crippen LogP contribution in [0.2, 0.25) is 0 Å². The Morgan fingerprint density at radius 1 is 0.905 bits per heavy atom. The Balaban J connectivity index is 1.85. The van der Waals surface area contributed by atoms with Crippen molar-refractivity contribution < 1.29 is 0 Å². The molecule has 2 aromatic carbocycles. The van der Waals surface area contributed by atoms with E-state index >= 15 is 0 Å². The van der Waals surface area contributed by atoms with Crippen LogP contribution in [0.25, 0.3) is 11.1 Å². The zero-order valence-electron chi connectivity index (χ0n) is 12.6. The van der Waals surface area contributed by atoms with Gasteiger partial charge in [0.1, 0.15) is 0 Å². The van der Waals surface area contributed by atoms with Gasteiger partial charge in [-0.15, -0.1) is 0 Å². The van der Waals surface area contributed by atoms with E-state index in [0.717, 1.165) is 38.4 Å². The molecule has 3 heteroatoms.